The van der Waals surface area contributed by atoms with E-state index in [0.29, 0.717) is 16.3 Å². The number of hydrogen-bond acceptors (Lipinski definition) is 3. The van der Waals surface area contributed by atoms with Gasteiger partial charge in [-0.25, -0.2) is 4.98 Å². The van der Waals surface area contributed by atoms with Gasteiger partial charge in [0.2, 0.25) is 0 Å². The van der Waals surface area contributed by atoms with Gasteiger partial charge in [0.05, 0.1) is 17.7 Å². The van der Waals surface area contributed by atoms with E-state index in [4.69, 9.17) is 0 Å². The average molecular weight is 368 g/mol. The van der Waals surface area contributed by atoms with Crippen molar-refractivity contribution in [3.63, 3.8) is 0 Å². The molecule has 0 aliphatic carbocycles. The van der Waals surface area contributed by atoms with Crippen LogP contribution in [0.2, 0.25) is 0 Å². The van der Waals surface area contributed by atoms with Crippen LogP contribution in [0.3, 0.4) is 0 Å². The lowest BCUT2D eigenvalue weighted by atomic mass is 10.1. The fraction of sp³-hybridized carbons (Fsp3) is 0.400. The van der Waals surface area contributed by atoms with E-state index in [2.05, 4.69) is 4.98 Å². The molecule has 0 atom stereocenters. The van der Waals surface area contributed by atoms with Crippen LogP contribution in [-0.2, 0) is 12.7 Å². The van der Waals surface area contributed by atoms with E-state index < -0.39 is 24.3 Å². The minimum atomic E-state index is -4.40. The lowest BCUT2D eigenvalue weighted by Crippen LogP contribution is -2.24. The average Bonchev–Trinajstić information content (AvgIpc) is 2.92. The highest BCUT2D eigenvalue weighted by molar-refractivity contribution is 7.13. The molecule has 1 heterocycles. The van der Waals surface area contributed by atoms with Gasteiger partial charge in [-0.05, 0) is 19.2 Å². The van der Waals surface area contributed by atoms with Gasteiger partial charge in [0, 0.05) is 24.0 Å². The zero-order valence-electron chi connectivity index (χ0n) is 12.6. The van der Waals surface area contributed by atoms with Crippen molar-refractivity contribution >= 4 is 11.3 Å². The van der Waals surface area contributed by atoms with Gasteiger partial charge < -0.3 is 4.90 Å². The maximum absolute atomic E-state index is 12.5. The van der Waals surface area contributed by atoms with Gasteiger partial charge in [-0.2, -0.15) is 26.3 Å². The molecular weight excluding hydrogens is 354 g/mol. The minimum absolute atomic E-state index is 0.142. The van der Waals surface area contributed by atoms with Crippen LogP contribution in [0.4, 0.5) is 26.3 Å². The number of thiazole rings is 1. The van der Waals surface area contributed by atoms with Gasteiger partial charge in [0.25, 0.3) is 0 Å². The molecule has 0 saturated heterocycles. The van der Waals surface area contributed by atoms with E-state index in [1.807, 2.05) is 0 Å². The molecule has 0 N–H and O–H groups in total. The van der Waals surface area contributed by atoms with E-state index in [1.54, 1.807) is 12.4 Å². The maximum atomic E-state index is 12.5. The first-order valence-corrected chi connectivity index (χ1v) is 7.80. The summed E-state index contributed by atoms with van der Waals surface area (Å²) in [5.74, 6) is 0. The fourth-order valence-electron chi connectivity index (χ4n) is 1.99. The largest absolute Gasteiger partial charge is 0.416 e. The molecule has 132 valence electrons. The highest BCUT2D eigenvalue weighted by Gasteiger charge is 2.30. The highest BCUT2D eigenvalue weighted by Crippen LogP contribution is 2.32. The summed E-state index contributed by atoms with van der Waals surface area (Å²) in [4.78, 5) is 5.77. The van der Waals surface area contributed by atoms with Crippen LogP contribution in [0.15, 0.2) is 29.6 Å². The Morgan fingerprint density at radius 1 is 1.04 bits per heavy atom. The molecule has 0 aliphatic rings. The van der Waals surface area contributed by atoms with Crippen molar-refractivity contribution in [2.24, 2.45) is 0 Å². The summed E-state index contributed by atoms with van der Waals surface area (Å²) in [6.45, 7) is 0.101. The molecule has 2 nitrogen and oxygen atoms in total. The van der Waals surface area contributed by atoms with E-state index in [9.17, 15) is 26.3 Å². The topological polar surface area (TPSA) is 16.1 Å². The van der Waals surface area contributed by atoms with Crippen LogP contribution in [0.5, 0.6) is 0 Å². The zero-order valence-corrected chi connectivity index (χ0v) is 13.4. The molecular formula is C15H14F6N2S. The van der Waals surface area contributed by atoms with Crippen LogP contribution in [-0.4, -0.2) is 29.7 Å². The van der Waals surface area contributed by atoms with Crippen molar-refractivity contribution in [2.75, 3.05) is 13.6 Å². The number of hydrogen-bond donors (Lipinski definition) is 0. The Morgan fingerprint density at radius 2 is 1.67 bits per heavy atom. The smallest absolute Gasteiger partial charge is 0.300 e. The predicted octanol–water partition coefficient (Wildman–Crippen LogP) is 5.21. The van der Waals surface area contributed by atoms with Crippen LogP contribution in [0.1, 0.15) is 17.7 Å². The van der Waals surface area contributed by atoms with Crippen molar-refractivity contribution in [1.29, 1.82) is 0 Å². The standard InChI is InChI=1S/C15H14F6N2S/c1-23(7-6-14(16,17)18)8-12-9-24-13(22-12)10-2-4-11(5-3-10)15(19,20)21/h2-5,9H,6-8H2,1H3. The van der Waals surface area contributed by atoms with Crippen molar-refractivity contribution in [3.05, 3.63) is 40.9 Å². The molecule has 0 spiro atoms. The summed E-state index contributed by atoms with van der Waals surface area (Å²) >= 11 is 1.24. The van der Waals surface area contributed by atoms with Crippen molar-refractivity contribution in [3.8, 4) is 10.6 Å². The van der Waals surface area contributed by atoms with Crippen LogP contribution >= 0.6 is 11.3 Å². The van der Waals surface area contributed by atoms with E-state index in [0.717, 1.165) is 12.1 Å². The Kier molecular flexibility index (Phi) is 5.54. The van der Waals surface area contributed by atoms with Crippen molar-refractivity contribution in [2.45, 2.75) is 25.3 Å². The number of aromatic nitrogens is 1. The second kappa shape index (κ2) is 7.10. The third kappa shape index (κ3) is 5.48. The van der Waals surface area contributed by atoms with Gasteiger partial charge in [0.15, 0.2) is 0 Å². The molecule has 0 amide bonds. The van der Waals surface area contributed by atoms with Gasteiger partial charge >= 0.3 is 12.4 Å². The minimum Gasteiger partial charge on any atom is -0.300 e. The second-order valence-corrected chi connectivity index (χ2v) is 6.18. The molecule has 0 unspecified atom stereocenters. The molecule has 0 aliphatic heterocycles. The summed E-state index contributed by atoms with van der Waals surface area (Å²) in [5.41, 5.74) is 0.381. The third-order valence-electron chi connectivity index (χ3n) is 3.22. The highest BCUT2D eigenvalue weighted by atomic mass is 32.1. The SMILES string of the molecule is CN(CCC(F)(F)F)Cc1csc(-c2ccc(C(F)(F)F)cc2)n1. The molecule has 0 bridgehead atoms. The molecule has 0 saturated carbocycles. The zero-order chi connectivity index (χ0) is 18.0. The number of halogens is 6. The normalized spacial score (nSPS) is 12.8. The summed E-state index contributed by atoms with van der Waals surface area (Å²) in [6, 6.07) is 4.62. The first-order chi connectivity index (χ1) is 11.0. The Labute approximate surface area is 138 Å². The number of rotatable bonds is 5. The molecule has 0 radical (unpaired) electrons. The molecule has 24 heavy (non-hydrogen) atoms. The molecule has 1 aromatic heterocycles. The lowest BCUT2D eigenvalue weighted by Gasteiger charge is -2.16. The van der Waals surface area contributed by atoms with E-state index >= 15 is 0 Å². The summed E-state index contributed by atoms with van der Waals surface area (Å²) in [7, 11) is 1.56. The van der Waals surface area contributed by atoms with E-state index in [-0.39, 0.29) is 13.1 Å². The summed E-state index contributed by atoms with van der Waals surface area (Å²) in [6.07, 6.45) is -9.51. The van der Waals surface area contributed by atoms with Crippen molar-refractivity contribution in [1.82, 2.24) is 9.88 Å². The Morgan fingerprint density at radius 3 is 2.21 bits per heavy atom. The van der Waals surface area contributed by atoms with Gasteiger partial charge in [-0.15, -0.1) is 11.3 Å². The Hall–Kier alpha value is -1.61. The van der Waals surface area contributed by atoms with Crippen molar-refractivity contribution < 1.29 is 26.3 Å². The molecule has 2 aromatic rings. The number of alkyl halides is 6. The second-order valence-electron chi connectivity index (χ2n) is 5.32. The summed E-state index contributed by atoms with van der Waals surface area (Å²) in [5, 5.41) is 2.22. The van der Waals surface area contributed by atoms with Gasteiger partial charge in [-0.1, -0.05) is 12.1 Å². The van der Waals surface area contributed by atoms with Crippen LogP contribution < -0.4 is 0 Å². The third-order valence-corrected chi connectivity index (χ3v) is 4.16. The lowest BCUT2D eigenvalue weighted by molar-refractivity contribution is -0.138. The molecule has 1 aromatic carbocycles. The Bertz CT molecular complexity index is 660. The number of benzene rings is 1. The maximum Gasteiger partial charge on any atom is 0.416 e. The van der Waals surface area contributed by atoms with Gasteiger partial charge in [0.1, 0.15) is 5.01 Å². The Balaban J connectivity index is 2.00. The van der Waals surface area contributed by atoms with E-state index in [1.165, 1.54) is 28.4 Å². The first-order valence-electron chi connectivity index (χ1n) is 6.92. The number of nitrogens with zero attached hydrogens (tertiary/aromatic N) is 2. The fourth-order valence-corrected chi connectivity index (χ4v) is 2.80. The molecule has 2 rings (SSSR count). The van der Waals surface area contributed by atoms with Gasteiger partial charge in [-0.3, -0.25) is 0 Å². The monoisotopic (exact) mass is 368 g/mol. The summed E-state index contributed by atoms with van der Waals surface area (Å²) < 4.78 is 74.1. The predicted molar refractivity (Wildman–Crippen MR) is 79.6 cm³/mol. The van der Waals surface area contributed by atoms with Crippen LogP contribution in [0.25, 0.3) is 10.6 Å². The molecule has 9 heteroatoms. The first kappa shape index (κ1) is 18.7. The molecule has 0 fully saturated rings. The quantitative estimate of drug-likeness (QED) is 0.674. The van der Waals surface area contributed by atoms with Crippen LogP contribution in [0, 0.1) is 0 Å².